The van der Waals surface area contributed by atoms with Crippen LogP contribution >= 0.6 is 0 Å². The van der Waals surface area contributed by atoms with Gasteiger partial charge in [0, 0.05) is 63.5 Å². The van der Waals surface area contributed by atoms with E-state index in [1.54, 1.807) is 20.3 Å². The summed E-state index contributed by atoms with van der Waals surface area (Å²) in [5.74, 6) is -0.193. The number of carbonyl (C=O) groups is 2. The largest absolute Gasteiger partial charge is 0.387 e. The van der Waals surface area contributed by atoms with E-state index in [1.165, 1.54) is 34.8 Å². The molecule has 3 aliphatic rings. The quantitative estimate of drug-likeness (QED) is 0.592. The van der Waals surface area contributed by atoms with Crippen LogP contribution in [0.15, 0.2) is 47.4 Å². The number of urea groups is 1. The zero-order chi connectivity index (χ0) is 28.5. The molecule has 1 atom stereocenters. The third kappa shape index (κ3) is 5.30. The molecule has 40 heavy (non-hydrogen) atoms. The lowest BCUT2D eigenvalue weighted by molar-refractivity contribution is -0.136. The highest BCUT2D eigenvalue weighted by Gasteiger charge is 2.56. The van der Waals surface area contributed by atoms with Gasteiger partial charge in [-0.05, 0) is 37.7 Å². The van der Waals surface area contributed by atoms with Gasteiger partial charge in [-0.1, -0.05) is 62.4 Å². The van der Waals surface area contributed by atoms with Crippen molar-refractivity contribution in [3.63, 3.8) is 0 Å². The molecule has 8 nitrogen and oxygen atoms in total. The molecule has 1 unspecified atom stereocenters. The van der Waals surface area contributed by atoms with Gasteiger partial charge in [0.2, 0.25) is 0 Å². The van der Waals surface area contributed by atoms with Crippen LogP contribution in [0.3, 0.4) is 0 Å². The van der Waals surface area contributed by atoms with Gasteiger partial charge in [0.1, 0.15) is 0 Å². The second-order valence-electron chi connectivity index (χ2n) is 12.5. The standard InChI is InChI=1S/C32H44N4O4/c1-33(2)29(38)27-21-36(28(37)20-26(27)24-12-6-4-7-13-24)23-32(40)18-19-35(22-31(32)16-10-11-17-31)30(39)34(3)25-14-8-5-9-15-25/h4,6-7,12-13,20-21,25,40H,5,8-11,14-19,22-23H2,1-3H3. The number of hydrogen-bond donors (Lipinski definition) is 1. The number of nitrogens with zero attached hydrogens (tertiary/aromatic N) is 4. The maximum Gasteiger partial charge on any atom is 0.320 e. The molecule has 2 saturated carbocycles. The van der Waals surface area contributed by atoms with E-state index < -0.39 is 11.0 Å². The molecule has 1 N–H and O–H groups in total. The molecule has 0 bridgehead atoms. The van der Waals surface area contributed by atoms with Crippen LogP contribution in [0.4, 0.5) is 4.79 Å². The minimum absolute atomic E-state index is 0.0588. The highest BCUT2D eigenvalue weighted by molar-refractivity contribution is 6.00. The molecule has 216 valence electrons. The van der Waals surface area contributed by atoms with Crippen LogP contribution in [0, 0.1) is 5.41 Å². The second kappa shape index (κ2) is 11.4. The Morgan fingerprint density at radius 3 is 2.30 bits per heavy atom. The summed E-state index contributed by atoms with van der Waals surface area (Å²) >= 11 is 0. The van der Waals surface area contributed by atoms with Crippen molar-refractivity contribution in [1.82, 2.24) is 19.3 Å². The van der Waals surface area contributed by atoms with Crippen molar-refractivity contribution in [2.24, 2.45) is 5.41 Å². The fourth-order valence-corrected chi connectivity index (χ4v) is 7.36. The van der Waals surface area contributed by atoms with E-state index in [4.69, 9.17) is 0 Å². The van der Waals surface area contributed by atoms with Gasteiger partial charge in [-0.3, -0.25) is 9.59 Å². The molecular weight excluding hydrogens is 504 g/mol. The van der Waals surface area contributed by atoms with Crippen molar-refractivity contribution in [3.05, 3.63) is 58.5 Å². The Hall–Kier alpha value is -3.13. The molecule has 8 heteroatoms. The lowest BCUT2D eigenvalue weighted by atomic mass is 9.66. The lowest BCUT2D eigenvalue weighted by Crippen LogP contribution is -2.63. The summed E-state index contributed by atoms with van der Waals surface area (Å²) in [6.07, 6.45) is 11.4. The number of rotatable bonds is 5. The van der Waals surface area contributed by atoms with Gasteiger partial charge >= 0.3 is 6.03 Å². The number of aromatic nitrogens is 1. The Morgan fingerprint density at radius 2 is 1.65 bits per heavy atom. The molecule has 1 aromatic carbocycles. The van der Waals surface area contributed by atoms with Crippen molar-refractivity contribution in [1.29, 1.82) is 0 Å². The first-order valence-corrected chi connectivity index (χ1v) is 14.9. The summed E-state index contributed by atoms with van der Waals surface area (Å²) in [4.78, 5) is 45.7. The number of hydrogen-bond acceptors (Lipinski definition) is 4. The first kappa shape index (κ1) is 28.4. The SMILES string of the molecule is CN(C)C(=O)c1cn(CC2(O)CCN(C(=O)N(C)C3CCCCC3)CC23CCCC3)c(=O)cc1-c1ccccc1. The first-order valence-electron chi connectivity index (χ1n) is 14.9. The number of piperidine rings is 1. The Balaban J connectivity index is 1.44. The molecular formula is C32H44N4O4. The molecule has 0 radical (unpaired) electrons. The van der Waals surface area contributed by atoms with Crippen molar-refractivity contribution in [3.8, 4) is 11.1 Å². The van der Waals surface area contributed by atoms with E-state index in [0.717, 1.165) is 44.1 Å². The second-order valence-corrected chi connectivity index (χ2v) is 12.5. The fourth-order valence-electron chi connectivity index (χ4n) is 7.36. The van der Waals surface area contributed by atoms with Gasteiger partial charge in [0.25, 0.3) is 11.5 Å². The van der Waals surface area contributed by atoms with E-state index in [2.05, 4.69) is 0 Å². The number of pyridine rings is 1. The van der Waals surface area contributed by atoms with Crippen molar-refractivity contribution in [2.75, 3.05) is 34.2 Å². The van der Waals surface area contributed by atoms with Crippen LogP contribution in [-0.4, -0.2) is 82.2 Å². The number of benzene rings is 1. The van der Waals surface area contributed by atoms with Gasteiger partial charge in [0.15, 0.2) is 0 Å². The van der Waals surface area contributed by atoms with Crippen molar-refractivity contribution >= 4 is 11.9 Å². The molecule has 5 rings (SSSR count). The van der Waals surface area contributed by atoms with Crippen LogP contribution < -0.4 is 5.56 Å². The van der Waals surface area contributed by atoms with Gasteiger partial charge in [-0.2, -0.15) is 0 Å². The predicted molar refractivity (Wildman–Crippen MR) is 156 cm³/mol. The number of carbonyl (C=O) groups excluding carboxylic acids is 2. The van der Waals surface area contributed by atoms with Crippen LogP contribution in [0.5, 0.6) is 0 Å². The van der Waals surface area contributed by atoms with Crippen molar-refractivity contribution < 1.29 is 14.7 Å². The van der Waals surface area contributed by atoms with E-state index in [9.17, 15) is 19.5 Å². The van der Waals surface area contributed by atoms with Crippen LogP contribution in [0.2, 0.25) is 0 Å². The molecule has 3 amide bonds. The number of aliphatic hydroxyl groups is 1. The number of amides is 3. The van der Waals surface area contributed by atoms with Gasteiger partial charge in [-0.25, -0.2) is 4.79 Å². The fraction of sp³-hybridized carbons (Fsp3) is 0.594. The lowest BCUT2D eigenvalue weighted by Gasteiger charge is -2.53. The Labute approximate surface area is 237 Å². The number of likely N-dealkylation sites (tertiary alicyclic amines) is 1. The van der Waals surface area contributed by atoms with E-state index >= 15 is 0 Å². The average molecular weight is 549 g/mol. The summed E-state index contributed by atoms with van der Waals surface area (Å²) in [5.41, 5.74) is -0.0448. The topological polar surface area (TPSA) is 86.1 Å². The molecule has 1 aliphatic heterocycles. The Kier molecular flexibility index (Phi) is 8.09. The maximum atomic E-state index is 13.6. The molecule has 1 aromatic heterocycles. The minimum Gasteiger partial charge on any atom is -0.387 e. The van der Waals surface area contributed by atoms with Crippen molar-refractivity contribution in [2.45, 2.75) is 82.4 Å². The molecule has 2 heterocycles. The minimum atomic E-state index is -1.15. The zero-order valence-electron chi connectivity index (χ0n) is 24.3. The third-order valence-corrected chi connectivity index (χ3v) is 9.81. The van der Waals surface area contributed by atoms with E-state index in [0.29, 0.717) is 30.6 Å². The molecule has 1 spiro atoms. The highest BCUT2D eigenvalue weighted by atomic mass is 16.3. The summed E-state index contributed by atoms with van der Waals surface area (Å²) in [7, 11) is 5.33. The molecule has 2 aromatic rings. The summed E-state index contributed by atoms with van der Waals surface area (Å²) in [6.45, 7) is 1.06. The van der Waals surface area contributed by atoms with Gasteiger partial charge in [0.05, 0.1) is 17.7 Å². The summed E-state index contributed by atoms with van der Waals surface area (Å²) in [6, 6.07) is 11.3. The van der Waals surface area contributed by atoms with Crippen LogP contribution in [0.25, 0.3) is 11.1 Å². The third-order valence-electron chi connectivity index (χ3n) is 9.81. The Morgan fingerprint density at radius 1 is 0.975 bits per heavy atom. The Bertz CT molecular complexity index is 1280. The average Bonchev–Trinajstić information content (AvgIpc) is 3.45. The molecule has 3 fully saturated rings. The van der Waals surface area contributed by atoms with E-state index in [1.807, 2.05) is 47.2 Å². The first-order chi connectivity index (χ1) is 19.1. The van der Waals surface area contributed by atoms with Gasteiger partial charge < -0.3 is 24.4 Å². The van der Waals surface area contributed by atoms with Crippen LogP contribution in [-0.2, 0) is 6.54 Å². The predicted octanol–water partition coefficient (Wildman–Crippen LogP) is 4.60. The summed E-state index contributed by atoms with van der Waals surface area (Å²) < 4.78 is 1.52. The van der Waals surface area contributed by atoms with E-state index in [-0.39, 0.29) is 30.1 Å². The monoisotopic (exact) mass is 548 g/mol. The smallest absolute Gasteiger partial charge is 0.320 e. The van der Waals surface area contributed by atoms with Crippen LogP contribution in [0.1, 0.15) is 74.6 Å². The molecule has 2 aliphatic carbocycles. The van der Waals surface area contributed by atoms with Gasteiger partial charge in [-0.15, -0.1) is 0 Å². The summed E-state index contributed by atoms with van der Waals surface area (Å²) in [5, 5.41) is 12.3. The maximum absolute atomic E-state index is 13.6. The molecule has 1 saturated heterocycles. The zero-order valence-corrected chi connectivity index (χ0v) is 24.3. The highest BCUT2D eigenvalue weighted by Crippen LogP contribution is 2.51. The normalized spacial score (nSPS) is 22.9.